The Morgan fingerprint density at radius 3 is 2.26 bits per heavy atom. The second-order valence-corrected chi connectivity index (χ2v) is 11.4. The maximum absolute atomic E-state index is 13.1. The van der Waals surface area contributed by atoms with Crippen molar-refractivity contribution in [3.8, 4) is 11.4 Å². The molecule has 0 aliphatic rings. The molecule has 0 saturated heterocycles. The Morgan fingerprint density at radius 2 is 1.64 bits per heavy atom. The highest BCUT2D eigenvalue weighted by Crippen LogP contribution is 2.35. The van der Waals surface area contributed by atoms with E-state index >= 15 is 0 Å². The molecule has 2 N–H and O–H groups in total. The number of benzene rings is 2. The van der Waals surface area contributed by atoms with Crippen molar-refractivity contribution >= 4 is 57.5 Å². The van der Waals surface area contributed by atoms with Crippen molar-refractivity contribution in [2.45, 2.75) is 32.5 Å². The number of hydrogen-bond donors (Lipinski definition) is 2. The van der Waals surface area contributed by atoms with Gasteiger partial charge >= 0.3 is 11.9 Å². The number of esters is 2. The summed E-state index contributed by atoms with van der Waals surface area (Å²) in [5, 5.41) is 25.5. The van der Waals surface area contributed by atoms with E-state index in [1.54, 1.807) is 49.6 Å². The van der Waals surface area contributed by atoms with Crippen molar-refractivity contribution in [3.05, 3.63) is 86.0 Å². The van der Waals surface area contributed by atoms with Crippen LogP contribution in [0.1, 0.15) is 55.6 Å². The van der Waals surface area contributed by atoms with Crippen molar-refractivity contribution in [1.82, 2.24) is 20.1 Å². The molecule has 0 spiro atoms. The summed E-state index contributed by atoms with van der Waals surface area (Å²) >= 11 is 1.90. The fourth-order valence-electron chi connectivity index (χ4n) is 4.23. The average molecular weight is 683 g/mol. The predicted octanol–water partition coefficient (Wildman–Crippen LogP) is 4.57. The first-order valence-corrected chi connectivity index (χ1v) is 15.9. The minimum Gasteiger partial charge on any atom is -0.497 e. The van der Waals surface area contributed by atoms with Gasteiger partial charge in [-0.05, 0) is 62.7 Å². The lowest BCUT2D eigenvalue weighted by atomic mass is 10.1. The number of anilines is 1. The molecule has 0 fully saturated rings. The lowest BCUT2D eigenvalue weighted by molar-refractivity contribution is -0.384. The zero-order valence-corrected chi connectivity index (χ0v) is 27.4. The predicted molar refractivity (Wildman–Crippen MR) is 173 cm³/mol. The van der Waals surface area contributed by atoms with E-state index in [-0.39, 0.29) is 57.7 Å². The molecule has 17 heteroatoms. The van der Waals surface area contributed by atoms with Gasteiger partial charge in [0.15, 0.2) is 11.0 Å². The van der Waals surface area contributed by atoms with E-state index in [0.717, 1.165) is 23.1 Å². The molecule has 246 valence electrons. The van der Waals surface area contributed by atoms with Gasteiger partial charge in [-0.1, -0.05) is 11.8 Å². The standard InChI is InChI=1S/C30H30N6O9S2/c1-5-44-28(39)24-17(3)25(29(40)45-6-2)47-27(24)32-23(37)16-46-30-34-33-22(35(30)19-9-11-20(12-10-19)36(41)42)15-31-26(38)18-7-13-21(43-4)14-8-18/h7-14H,5-6,15-16H2,1-4H3,(H,31,38)(H,32,37). The summed E-state index contributed by atoms with van der Waals surface area (Å²) in [6.45, 7) is 5.03. The number of nitrogens with zero attached hydrogens (tertiary/aromatic N) is 4. The van der Waals surface area contributed by atoms with Crippen molar-refractivity contribution < 1.29 is 38.3 Å². The minimum atomic E-state index is -0.695. The van der Waals surface area contributed by atoms with Crippen LogP contribution in [0.2, 0.25) is 0 Å². The molecule has 4 aromatic rings. The van der Waals surface area contributed by atoms with Crippen molar-refractivity contribution in [2.75, 3.05) is 31.4 Å². The van der Waals surface area contributed by atoms with Gasteiger partial charge in [0.1, 0.15) is 15.6 Å². The van der Waals surface area contributed by atoms with E-state index in [0.29, 0.717) is 28.4 Å². The van der Waals surface area contributed by atoms with Gasteiger partial charge in [-0.15, -0.1) is 21.5 Å². The summed E-state index contributed by atoms with van der Waals surface area (Å²) in [7, 11) is 1.52. The molecule has 2 aromatic carbocycles. The van der Waals surface area contributed by atoms with Crippen LogP contribution in [-0.2, 0) is 20.8 Å². The van der Waals surface area contributed by atoms with Crippen molar-refractivity contribution in [3.63, 3.8) is 0 Å². The first kappa shape index (κ1) is 34.6. The Morgan fingerprint density at radius 1 is 0.979 bits per heavy atom. The second kappa shape index (κ2) is 15.8. The van der Waals surface area contributed by atoms with E-state index in [1.165, 1.54) is 31.4 Å². The zero-order chi connectivity index (χ0) is 34.1. The molecular formula is C30H30N6O9S2. The Labute approximate surface area is 276 Å². The van der Waals surface area contributed by atoms with Crippen LogP contribution in [0.25, 0.3) is 5.69 Å². The van der Waals surface area contributed by atoms with Gasteiger partial charge in [-0.25, -0.2) is 9.59 Å². The SMILES string of the molecule is CCOC(=O)c1sc(NC(=O)CSc2nnc(CNC(=O)c3ccc(OC)cc3)n2-c2ccc([N+](=O)[O-])cc2)c(C(=O)OCC)c1C. The zero-order valence-electron chi connectivity index (χ0n) is 25.7. The molecule has 0 radical (unpaired) electrons. The number of methoxy groups -OCH3 is 1. The molecule has 2 amide bonds. The van der Waals surface area contributed by atoms with Crippen LogP contribution >= 0.6 is 23.1 Å². The van der Waals surface area contributed by atoms with E-state index in [1.807, 2.05) is 0 Å². The smallest absolute Gasteiger partial charge is 0.348 e. The van der Waals surface area contributed by atoms with Gasteiger partial charge < -0.3 is 24.8 Å². The lowest BCUT2D eigenvalue weighted by Gasteiger charge is -2.11. The summed E-state index contributed by atoms with van der Waals surface area (Å²) in [5.74, 6) is -1.54. The number of nitro benzene ring substituents is 1. The molecule has 0 aliphatic carbocycles. The van der Waals surface area contributed by atoms with Gasteiger partial charge in [0.2, 0.25) is 5.91 Å². The number of nitrogens with one attached hydrogen (secondary N) is 2. The Hall–Kier alpha value is -5.29. The highest BCUT2D eigenvalue weighted by atomic mass is 32.2. The number of aromatic nitrogens is 3. The van der Waals surface area contributed by atoms with Crippen molar-refractivity contribution in [1.29, 1.82) is 0 Å². The second-order valence-electron chi connectivity index (χ2n) is 9.46. The fourth-order valence-corrected chi connectivity index (χ4v) is 6.11. The summed E-state index contributed by atoms with van der Waals surface area (Å²) < 4.78 is 16.9. The average Bonchev–Trinajstić information content (AvgIpc) is 3.62. The van der Waals surface area contributed by atoms with E-state index in [9.17, 15) is 29.3 Å². The number of carbonyl (C=O) groups is 4. The molecule has 0 aliphatic heterocycles. The molecule has 2 aromatic heterocycles. The van der Waals surface area contributed by atoms with Crippen LogP contribution < -0.4 is 15.4 Å². The third-order valence-corrected chi connectivity index (χ3v) is 8.57. The molecule has 0 saturated carbocycles. The normalized spacial score (nSPS) is 10.6. The van der Waals surface area contributed by atoms with Gasteiger partial charge in [0.05, 0.1) is 43.1 Å². The Balaban J connectivity index is 1.56. The number of rotatable bonds is 14. The summed E-state index contributed by atoms with van der Waals surface area (Å²) in [6, 6.07) is 12.1. The molecule has 47 heavy (non-hydrogen) atoms. The number of amides is 2. The van der Waals surface area contributed by atoms with Crippen LogP contribution in [0.15, 0.2) is 53.7 Å². The van der Waals surface area contributed by atoms with Crippen LogP contribution in [0.5, 0.6) is 5.75 Å². The third-order valence-electron chi connectivity index (χ3n) is 6.45. The van der Waals surface area contributed by atoms with Crippen LogP contribution in [0, 0.1) is 17.0 Å². The monoisotopic (exact) mass is 682 g/mol. The molecular weight excluding hydrogens is 652 g/mol. The summed E-state index contributed by atoms with van der Waals surface area (Å²) in [5.41, 5.74) is 1.09. The molecule has 15 nitrogen and oxygen atoms in total. The molecule has 2 heterocycles. The van der Waals surface area contributed by atoms with E-state index in [4.69, 9.17) is 14.2 Å². The van der Waals surface area contributed by atoms with Gasteiger partial charge in [0.25, 0.3) is 11.6 Å². The maximum atomic E-state index is 13.1. The van der Waals surface area contributed by atoms with Gasteiger partial charge in [0, 0.05) is 23.4 Å². The molecule has 0 atom stereocenters. The minimum absolute atomic E-state index is 0.0576. The van der Waals surface area contributed by atoms with Crippen molar-refractivity contribution in [2.24, 2.45) is 0 Å². The largest absolute Gasteiger partial charge is 0.497 e. The van der Waals surface area contributed by atoms with E-state index in [2.05, 4.69) is 20.8 Å². The Bertz CT molecular complexity index is 1790. The topological polar surface area (TPSA) is 194 Å². The quantitative estimate of drug-likeness (QED) is 0.0816. The highest BCUT2D eigenvalue weighted by molar-refractivity contribution is 7.99. The fraction of sp³-hybridized carbons (Fsp3) is 0.267. The first-order valence-electron chi connectivity index (χ1n) is 14.1. The van der Waals surface area contributed by atoms with Crippen LogP contribution in [-0.4, -0.2) is 69.5 Å². The lowest BCUT2D eigenvalue weighted by Crippen LogP contribution is -2.24. The first-order chi connectivity index (χ1) is 22.6. The number of nitro groups is 1. The van der Waals surface area contributed by atoms with Crippen LogP contribution in [0.3, 0.4) is 0 Å². The summed E-state index contributed by atoms with van der Waals surface area (Å²) in [4.78, 5) is 62.0. The molecule has 4 rings (SSSR count). The third kappa shape index (κ3) is 8.30. The van der Waals surface area contributed by atoms with Gasteiger partial charge in [-0.3, -0.25) is 24.3 Å². The number of non-ortho nitro benzene ring substituents is 1. The number of thiophene rings is 1. The number of carbonyl (C=O) groups excluding carboxylic acids is 4. The number of ether oxygens (including phenoxy) is 3. The Kier molecular flexibility index (Phi) is 11.6. The highest BCUT2D eigenvalue weighted by Gasteiger charge is 2.27. The van der Waals surface area contributed by atoms with E-state index < -0.39 is 22.8 Å². The number of thioether (sulfide) groups is 1. The summed E-state index contributed by atoms with van der Waals surface area (Å²) in [6.07, 6.45) is 0. The molecule has 0 unspecified atom stereocenters. The maximum Gasteiger partial charge on any atom is 0.348 e. The van der Waals surface area contributed by atoms with Crippen LogP contribution in [0.4, 0.5) is 10.7 Å². The number of hydrogen-bond acceptors (Lipinski definition) is 13. The molecule has 0 bridgehead atoms. The van der Waals surface area contributed by atoms with Gasteiger partial charge in [-0.2, -0.15) is 0 Å².